The molecule has 146 valence electrons. The Morgan fingerprint density at radius 1 is 1.21 bits per heavy atom. The van der Waals surface area contributed by atoms with Crippen LogP contribution in [0.3, 0.4) is 0 Å². The van der Waals surface area contributed by atoms with Gasteiger partial charge >= 0.3 is 0 Å². The van der Waals surface area contributed by atoms with Crippen molar-refractivity contribution in [3.8, 4) is 17.1 Å². The van der Waals surface area contributed by atoms with E-state index in [9.17, 15) is 4.79 Å². The first-order valence-corrected chi connectivity index (χ1v) is 9.93. The predicted molar refractivity (Wildman–Crippen MR) is 113 cm³/mol. The van der Waals surface area contributed by atoms with E-state index >= 15 is 0 Å². The summed E-state index contributed by atoms with van der Waals surface area (Å²) in [6, 6.07) is 13.1. The number of anilines is 1. The average Bonchev–Trinajstić information content (AvgIpc) is 3.05. The minimum absolute atomic E-state index is 0.128. The fourth-order valence-electron chi connectivity index (χ4n) is 2.67. The van der Waals surface area contributed by atoms with Crippen molar-refractivity contribution in [2.45, 2.75) is 24.3 Å². The van der Waals surface area contributed by atoms with E-state index in [-0.39, 0.29) is 11.2 Å². The van der Waals surface area contributed by atoms with Crippen LogP contribution in [-0.2, 0) is 11.8 Å². The summed E-state index contributed by atoms with van der Waals surface area (Å²) in [7, 11) is 3.49. The summed E-state index contributed by atoms with van der Waals surface area (Å²) in [6.45, 7) is 3.70. The van der Waals surface area contributed by atoms with Crippen LogP contribution in [0.25, 0.3) is 11.4 Å². The van der Waals surface area contributed by atoms with E-state index in [4.69, 9.17) is 16.3 Å². The number of thioether (sulfide) groups is 1. The molecule has 1 amide bonds. The van der Waals surface area contributed by atoms with Gasteiger partial charge in [-0.1, -0.05) is 41.6 Å². The van der Waals surface area contributed by atoms with Gasteiger partial charge < -0.3 is 14.6 Å². The highest BCUT2D eigenvalue weighted by Gasteiger charge is 2.21. The van der Waals surface area contributed by atoms with E-state index in [0.717, 1.165) is 16.9 Å². The van der Waals surface area contributed by atoms with Crippen molar-refractivity contribution in [2.75, 3.05) is 12.4 Å². The third-order valence-electron chi connectivity index (χ3n) is 4.36. The number of methoxy groups -OCH3 is 1. The van der Waals surface area contributed by atoms with Crippen LogP contribution in [0.1, 0.15) is 12.5 Å². The van der Waals surface area contributed by atoms with Gasteiger partial charge in [-0.25, -0.2) is 0 Å². The molecule has 1 heterocycles. The summed E-state index contributed by atoms with van der Waals surface area (Å²) in [4.78, 5) is 12.6. The number of carbonyl (C=O) groups is 1. The highest BCUT2D eigenvalue weighted by Crippen LogP contribution is 2.31. The van der Waals surface area contributed by atoms with Crippen molar-refractivity contribution in [2.24, 2.45) is 7.05 Å². The summed E-state index contributed by atoms with van der Waals surface area (Å²) in [5.41, 5.74) is 2.39. The molecule has 0 bridgehead atoms. The Bertz CT molecular complexity index is 1010. The molecule has 28 heavy (non-hydrogen) atoms. The van der Waals surface area contributed by atoms with E-state index in [2.05, 4.69) is 15.5 Å². The van der Waals surface area contributed by atoms with Crippen molar-refractivity contribution >= 4 is 35.0 Å². The summed E-state index contributed by atoms with van der Waals surface area (Å²) >= 11 is 7.46. The number of rotatable bonds is 6. The highest BCUT2D eigenvalue weighted by atomic mass is 35.5. The van der Waals surface area contributed by atoms with Crippen LogP contribution >= 0.6 is 23.4 Å². The largest absolute Gasteiger partial charge is 0.496 e. The molecular weight excluding hydrogens is 396 g/mol. The number of aromatic nitrogens is 3. The standard InChI is InChI=1S/C20H21ClN4O2S/c1-12-15(21)9-7-10-16(12)22-19(26)13(2)28-20-24-23-18(25(20)3)14-8-5-6-11-17(14)27-4/h5-11,13H,1-4H3,(H,22,26)/t13-/m0/s1. The van der Waals surface area contributed by atoms with Crippen LogP contribution in [0.5, 0.6) is 5.75 Å². The molecular formula is C20H21ClN4O2S. The third-order valence-corrected chi connectivity index (χ3v) is 5.90. The van der Waals surface area contributed by atoms with Gasteiger partial charge in [-0.15, -0.1) is 10.2 Å². The lowest BCUT2D eigenvalue weighted by atomic mass is 10.2. The van der Waals surface area contributed by atoms with Crippen molar-refractivity contribution in [1.29, 1.82) is 0 Å². The Labute approximate surface area is 173 Å². The first-order valence-electron chi connectivity index (χ1n) is 8.67. The van der Waals surface area contributed by atoms with Gasteiger partial charge in [-0.05, 0) is 43.7 Å². The number of ether oxygens (including phenoxy) is 1. The lowest BCUT2D eigenvalue weighted by molar-refractivity contribution is -0.115. The maximum absolute atomic E-state index is 12.6. The van der Waals surface area contributed by atoms with Gasteiger partial charge in [0, 0.05) is 17.8 Å². The number of carbonyl (C=O) groups excluding carboxylic acids is 1. The quantitative estimate of drug-likeness (QED) is 0.596. The molecule has 1 N–H and O–H groups in total. The number of nitrogens with one attached hydrogen (secondary N) is 1. The lowest BCUT2D eigenvalue weighted by Gasteiger charge is -2.14. The maximum Gasteiger partial charge on any atom is 0.237 e. The molecule has 0 unspecified atom stereocenters. The molecule has 0 spiro atoms. The van der Waals surface area contributed by atoms with Crippen molar-refractivity contribution in [1.82, 2.24) is 14.8 Å². The van der Waals surface area contributed by atoms with E-state index in [1.165, 1.54) is 11.8 Å². The molecule has 0 aliphatic rings. The zero-order chi connectivity index (χ0) is 20.3. The van der Waals surface area contributed by atoms with Crippen LogP contribution in [0.15, 0.2) is 47.6 Å². The SMILES string of the molecule is COc1ccccc1-c1nnc(S[C@@H](C)C(=O)Nc2cccc(Cl)c2C)n1C. The molecule has 0 saturated heterocycles. The number of nitrogens with zero attached hydrogens (tertiary/aromatic N) is 3. The summed E-state index contributed by atoms with van der Waals surface area (Å²) in [5, 5.41) is 12.3. The van der Waals surface area contributed by atoms with E-state index in [1.54, 1.807) is 13.2 Å². The topological polar surface area (TPSA) is 69.0 Å². The zero-order valence-corrected chi connectivity index (χ0v) is 17.6. The second-order valence-electron chi connectivity index (χ2n) is 6.23. The van der Waals surface area contributed by atoms with E-state index in [1.807, 2.05) is 61.9 Å². The van der Waals surface area contributed by atoms with Crippen LogP contribution in [-0.4, -0.2) is 33.0 Å². The van der Waals surface area contributed by atoms with Gasteiger partial charge in [-0.3, -0.25) is 4.79 Å². The van der Waals surface area contributed by atoms with Gasteiger partial charge in [0.15, 0.2) is 11.0 Å². The highest BCUT2D eigenvalue weighted by molar-refractivity contribution is 8.00. The van der Waals surface area contributed by atoms with Crippen molar-refractivity contribution < 1.29 is 9.53 Å². The normalized spacial score (nSPS) is 11.9. The Morgan fingerprint density at radius 3 is 2.71 bits per heavy atom. The molecule has 1 atom stereocenters. The molecule has 2 aromatic carbocycles. The number of hydrogen-bond donors (Lipinski definition) is 1. The molecule has 0 aliphatic heterocycles. The smallest absolute Gasteiger partial charge is 0.237 e. The fraction of sp³-hybridized carbons (Fsp3) is 0.250. The van der Waals surface area contributed by atoms with Gasteiger partial charge in [0.25, 0.3) is 0 Å². The third kappa shape index (κ3) is 4.15. The second-order valence-corrected chi connectivity index (χ2v) is 7.94. The first-order chi connectivity index (χ1) is 13.4. The van der Waals surface area contributed by atoms with Crippen molar-refractivity contribution in [3.05, 3.63) is 53.1 Å². The molecule has 3 rings (SSSR count). The Kier molecular flexibility index (Phi) is 6.26. The second kappa shape index (κ2) is 8.67. The van der Waals surface area contributed by atoms with Crippen LogP contribution in [0.2, 0.25) is 5.02 Å². The molecule has 1 aromatic heterocycles. The number of hydrogen-bond acceptors (Lipinski definition) is 5. The van der Waals surface area contributed by atoms with Crippen molar-refractivity contribution in [3.63, 3.8) is 0 Å². The molecule has 0 aliphatic carbocycles. The number of benzene rings is 2. The Balaban J connectivity index is 1.76. The van der Waals surface area contributed by atoms with Crippen LogP contribution in [0, 0.1) is 6.92 Å². The van der Waals surface area contributed by atoms with Crippen LogP contribution < -0.4 is 10.1 Å². The minimum atomic E-state index is -0.369. The van der Waals surface area contributed by atoms with Gasteiger partial charge in [-0.2, -0.15) is 0 Å². The summed E-state index contributed by atoms with van der Waals surface area (Å²) in [5.74, 6) is 1.27. The molecule has 6 nitrogen and oxygen atoms in total. The lowest BCUT2D eigenvalue weighted by Crippen LogP contribution is -2.23. The van der Waals surface area contributed by atoms with Gasteiger partial charge in [0.1, 0.15) is 5.75 Å². The van der Waals surface area contributed by atoms with E-state index in [0.29, 0.717) is 21.7 Å². The first kappa shape index (κ1) is 20.2. The van der Waals surface area contributed by atoms with E-state index < -0.39 is 0 Å². The number of amides is 1. The maximum atomic E-state index is 12.6. The number of halogens is 1. The molecule has 0 fully saturated rings. The Morgan fingerprint density at radius 2 is 1.96 bits per heavy atom. The predicted octanol–water partition coefficient (Wildman–Crippen LogP) is 4.57. The van der Waals surface area contributed by atoms with Gasteiger partial charge in [0.05, 0.1) is 17.9 Å². The molecule has 8 heteroatoms. The molecule has 0 radical (unpaired) electrons. The summed E-state index contributed by atoms with van der Waals surface area (Å²) < 4.78 is 7.27. The summed E-state index contributed by atoms with van der Waals surface area (Å²) in [6.07, 6.45) is 0. The molecule has 3 aromatic rings. The van der Waals surface area contributed by atoms with Crippen LogP contribution in [0.4, 0.5) is 5.69 Å². The molecule has 0 saturated carbocycles. The number of para-hydroxylation sites is 1. The zero-order valence-electron chi connectivity index (χ0n) is 16.1. The monoisotopic (exact) mass is 416 g/mol. The average molecular weight is 417 g/mol. The Hall–Kier alpha value is -2.51. The fourth-order valence-corrected chi connectivity index (χ4v) is 3.66. The minimum Gasteiger partial charge on any atom is -0.496 e. The van der Waals surface area contributed by atoms with Gasteiger partial charge in [0.2, 0.25) is 5.91 Å².